The molecule has 0 aromatic heterocycles. The van der Waals surface area contributed by atoms with Gasteiger partial charge >= 0.3 is 0 Å². The Morgan fingerprint density at radius 3 is 2.24 bits per heavy atom. The van der Waals surface area contributed by atoms with E-state index in [1.165, 1.54) is 44.6 Å². The lowest BCUT2D eigenvalue weighted by atomic mass is 9.50. The summed E-state index contributed by atoms with van der Waals surface area (Å²) in [6, 6.07) is 6.98. The Labute approximate surface area is 174 Å². The number of hydrogen-bond acceptors (Lipinski definition) is 4. The zero-order valence-corrected chi connectivity index (χ0v) is 17.4. The standard InChI is InChI=1S/C24H35FN2O2/c25-22-3-1-2-4-23(22)27-7-5-26(6-8-27)15-21(28)16-29-17-24-12-18-9-19(13-24)11-20(10-18)14-24/h1-4,18-21,28H,5-17H2. The van der Waals surface area contributed by atoms with Gasteiger partial charge in [-0.1, -0.05) is 12.1 Å². The summed E-state index contributed by atoms with van der Waals surface area (Å²) in [6.45, 7) is 5.21. The van der Waals surface area contributed by atoms with Crippen LogP contribution in [0.1, 0.15) is 38.5 Å². The molecule has 1 aliphatic heterocycles. The Morgan fingerprint density at radius 1 is 1.00 bits per heavy atom. The van der Waals surface area contributed by atoms with Gasteiger partial charge in [0.25, 0.3) is 0 Å². The van der Waals surface area contributed by atoms with Crippen molar-refractivity contribution in [2.75, 3.05) is 50.8 Å². The number of benzene rings is 1. The molecule has 0 radical (unpaired) electrons. The number of hydrogen-bond donors (Lipinski definition) is 1. The fraction of sp³-hybridized carbons (Fsp3) is 0.750. The second-order valence-corrected chi connectivity index (χ2v) is 10.3. The number of aliphatic hydroxyl groups excluding tert-OH is 1. The van der Waals surface area contributed by atoms with Crippen molar-refractivity contribution in [2.24, 2.45) is 23.2 Å². The molecule has 1 N–H and O–H groups in total. The number of ether oxygens (including phenoxy) is 1. The molecule has 5 heteroatoms. The highest BCUT2D eigenvalue weighted by Gasteiger charge is 2.50. The minimum atomic E-state index is -0.441. The lowest BCUT2D eigenvalue weighted by molar-refractivity contribution is -0.107. The van der Waals surface area contributed by atoms with Gasteiger partial charge in [0.05, 0.1) is 25.0 Å². The Bertz CT molecular complexity index is 669. The maximum absolute atomic E-state index is 14.0. The van der Waals surface area contributed by atoms with Crippen LogP contribution in [0.25, 0.3) is 0 Å². The predicted molar refractivity (Wildman–Crippen MR) is 112 cm³/mol. The first-order chi connectivity index (χ1) is 14.1. The maximum Gasteiger partial charge on any atom is 0.146 e. The first kappa shape index (κ1) is 19.8. The van der Waals surface area contributed by atoms with Crippen molar-refractivity contribution in [3.05, 3.63) is 30.1 Å². The number of aliphatic hydroxyl groups is 1. The van der Waals surface area contributed by atoms with Crippen LogP contribution in [0.15, 0.2) is 24.3 Å². The van der Waals surface area contributed by atoms with Crippen molar-refractivity contribution in [1.29, 1.82) is 0 Å². The zero-order chi connectivity index (χ0) is 19.8. The second-order valence-electron chi connectivity index (χ2n) is 10.3. The molecule has 1 aromatic carbocycles. The van der Waals surface area contributed by atoms with E-state index in [0.29, 0.717) is 24.3 Å². The van der Waals surface area contributed by atoms with Gasteiger partial charge in [0.2, 0.25) is 0 Å². The predicted octanol–water partition coefficient (Wildman–Crippen LogP) is 3.54. The number of para-hydroxylation sites is 1. The molecule has 6 rings (SSSR count). The Hall–Kier alpha value is -1.17. The molecule has 160 valence electrons. The number of β-amino-alcohol motifs (C(OH)–C–C–N with tert-alkyl or cyclic N) is 1. The molecule has 0 spiro atoms. The van der Waals surface area contributed by atoms with E-state index in [4.69, 9.17) is 4.74 Å². The second kappa shape index (κ2) is 8.16. The quantitative estimate of drug-likeness (QED) is 0.757. The van der Waals surface area contributed by atoms with Gasteiger partial charge in [-0.05, 0) is 73.8 Å². The molecule has 4 bridgehead atoms. The third-order valence-electron chi connectivity index (χ3n) is 7.92. The summed E-state index contributed by atoms with van der Waals surface area (Å²) in [5, 5.41) is 10.5. The molecular formula is C24H35FN2O2. The normalized spacial score (nSPS) is 35.2. The van der Waals surface area contributed by atoms with Gasteiger partial charge in [-0.25, -0.2) is 4.39 Å². The van der Waals surface area contributed by atoms with Gasteiger partial charge in [-0.2, -0.15) is 0 Å². The van der Waals surface area contributed by atoms with E-state index in [-0.39, 0.29) is 5.82 Å². The van der Waals surface area contributed by atoms with Crippen molar-refractivity contribution in [2.45, 2.75) is 44.6 Å². The van der Waals surface area contributed by atoms with Crippen LogP contribution in [-0.2, 0) is 4.74 Å². The van der Waals surface area contributed by atoms with E-state index in [1.807, 2.05) is 12.1 Å². The third-order valence-corrected chi connectivity index (χ3v) is 7.92. The van der Waals surface area contributed by atoms with E-state index < -0.39 is 6.10 Å². The van der Waals surface area contributed by atoms with Crippen LogP contribution in [0.5, 0.6) is 0 Å². The molecule has 1 saturated heterocycles. The topological polar surface area (TPSA) is 35.9 Å². The number of halogens is 1. The summed E-state index contributed by atoms with van der Waals surface area (Å²) in [4.78, 5) is 4.37. The number of nitrogens with zero attached hydrogens (tertiary/aromatic N) is 2. The first-order valence-electron chi connectivity index (χ1n) is 11.6. The van der Waals surface area contributed by atoms with E-state index >= 15 is 0 Å². The van der Waals surface area contributed by atoms with Crippen LogP contribution in [0.3, 0.4) is 0 Å². The smallest absolute Gasteiger partial charge is 0.146 e. The van der Waals surface area contributed by atoms with Gasteiger partial charge in [-0.3, -0.25) is 4.90 Å². The highest BCUT2D eigenvalue weighted by Crippen LogP contribution is 2.60. The van der Waals surface area contributed by atoms with Crippen LogP contribution in [0.2, 0.25) is 0 Å². The minimum absolute atomic E-state index is 0.154. The average Bonchev–Trinajstić information content (AvgIpc) is 2.68. The molecule has 29 heavy (non-hydrogen) atoms. The van der Waals surface area contributed by atoms with Crippen LogP contribution in [0, 0.1) is 29.0 Å². The number of anilines is 1. The molecule has 1 atom stereocenters. The number of rotatable bonds is 7. The lowest BCUT2D eigenvalue weighted by Crippen LogP contribution is -2.50. The Kier molecular flexibility index (Phi) is 5.57. The highest BCUT2D eigenvalue weighted by molar-refractivity contribution is 5.47. The van der Waals surface area contributed by atoms with Gasteiger partial charge < -0.3 is 14.7 Å². The van der Waals surface area contributed by atoms with Gasteiger partial charge in [-0.15, -0.1) is 0 Å². The lowest BCUT2D eigenvalue weighted by Gasteiger charge is -2.56. The monoisotopic (exact) mass is 402 g/mol. The maximum atomic E-state index is 14.0. The minimum Gasteiger partial charge on any atom is -0.389 e. The van der Waals surface area contributed by atoms with Gasteiger partial charge in [0, 0.05) is 32.7 Å². The molecule has 5 fully saturated rings. The average molecular weight is 403 g/mol. The SMILES string of the molecule is OC(COCC12CC3CC(CC(C3)C1)C2)CN1CCN(c2ccccc2F)CC1. The van der Waals surface area contributed by atoms with Gasteiger partial charge in [0.1, 0.15) is 5.82 Å². The summed E-state index contributed by atoms with van der Waals surface area (Å²) >= 11 is 0. The van der Waals surface area contributed by atoms with Crippen LogP contribution in [0.4, 0.5) is 10.1 Å². The Balaban J connectivity index is 1.04. The van der Waals surface area contributed by atoms with E-state index in [2.05, 4.69) is 9.80 Å². The summed E-state index contributed by atoms with van der Waals surface area (Å²) in [6.07, 6.45) is 8.00. The fourth-order valence-corrected chi connectivity index (χ4v) is 7.11. The largest absolute Gasteiger partial charge is 0.389 e. The Morgan fingerprint density at radius 2 is 1.62 bits per heavy atom. The summed E-state index contributed by atoms with van der Waals surface area (Å²) in [5.74, 6) is 2.68. The molecular weight excluding hydrogens is 367 g/mol. The van der Waals surface area contributed by atoms with Crippen molar-refractivity contribution >= 4 is 5.69 Å². The molecule has 4 saturated carbocycles. The molecule has 1 aromatic rings. The fourth-order valence-electron chi connectivity index (χ4n) is 7.11. The van der Waals surface area contributed by atoms with Crippen molar-refractivity contribution < 1.29 is 14.2 Å². The van der Waals surface area contributed by atoms with E-state index in [0.717, 1.165) is 50.5 Å². The van der Waals surface area contributed by atoms with Crippen LogP contribution in [-0.4, -0.2) is 62.0 Å². The van der Waals surface area contributed by atoms with Crippen LogP contribution >= 0.6 is 0 Å². The van der Waals surface area contributed by atoms with Crippen LogP contribution < -0.4 is 4.90 Å². The molecule has 0 amide bonds. The molecule has 1 unspecified atom stereocenters. The van der Waals surface area contributed by atoms with Gasteiger partial charge in [0.15, 0.2) is 0 Å². The molecule has 5 aliphatic rings. The van der Waals surface area contributed by atoms with E-state index in [1.54, 1.807) is 6.07 Å². The molecule has 1 heterocycles. The summed E-state index contributed by atoms with van der Waals surface area (Å²) in [5.41, 5.74) is 1.10. The zero-order valence-electron chi connectivity index (χ0n) is 17.4. The number of piperazine rings is 1. The van der Waals surface area contributed by atoms with Crippen molar-refractivity contribution in [3.8, 4) is 0 Å². The molecule has 4 nitrogen and oxygen atoms in total. The molecule has 4 aliphatic carbocycles. The summed E-state index contributed by atoms with van der Waals surface area (Å²) in [7, 11) is 0. The first-order valence-corrected chi connectivity index (χ1v) is 11.6. The van der Waals surface area contributed by atoms with E-state index in [9.17, 15) is 9.50 Å². The highest BCUT2D eigenvalue weighted by atomic mass is 19.1. The summed E-state index contributed by atoms with van der Waals surface area (Å²) < 4.78 is 20.1. The van der Waals surface area contributed by atoms with Crippen molar-refractivity contribution in [3.63, 3.8) is 0 Å². The third kappa shape index (κ3) is 4.33. The van der Waals surface area contributed by atoms with Crippen molar-refractivity contribution in [1.82, 2.24) is 4.90 Å².